The summed E-state index contributed by atoms with van der Waals surface area (Å²) in [6.45, 7) is 24.1. The van der Waals surface area contributed by atoms with E-state index in [1.165, 1.54) is 16.4 Å². The number of hydrogen-bond donors (Lipinski definition) is 10. The molecule has 1 fully saturated rings. The molecule has 0 aromatic carbocycles. The summed E-state index contributed by atoms with van der Waals surface area (Å²) in [5.74, 6) is -0.589. The van der Waals surface area contributed by atoms with Crippen LogP contribution in [0.4, 0.5) is 0 Å². The van der Waals surface area contributed by atoms with Crippen molar-refractivity contribution in [1.82, 2.24) is 0 Å². The summed E-state index contributed by atoms with van der Waals surface area (Å²) in [4.78, 5) is 39.7. The topological polar surface area (TPSA) is 272 Å². The van der Waals surface area contributed by atoms with Gasteiger partial charge in [-0.1, -0.05) is 83.2 Å². The number of hydrogen-bond acceptors (Lipinski definition) is 15. The van der Waals surface area contributed by atoms with Crippen LogP contribution in [0.2, 0.25) is 0 Å². The van der Waals surface area contributed by atoms with Crippen molar-refractivity contribution in [3.8, 4) is 0 Å². The third kappa shape index (κ3) is 42.3. The zero-order valence-electron chi connectivity index (χ0n) is 37.7. The van der Waals surface area contributed by atoms with E-state index in [1.807, 2.05) is 69.2 Å². The van der Waals surface area contributed by atoms with Gasteiger partial charge in [-0.25, -0.2) is 0 Å². The number of aliphatic hydroxyl groups excluding tert-OH is 9. The van der Waals surface area contributed by atoms with E-state index in [4.69, 9.17) is 9.63 Å². The molecule has 0 bridgehead atoms. The summed E-state index contributed by atoms with van der Waals surface area (Å²) in [5, 5.41) is 89.9. The van der Waals surface area contributed by atoms with Crippen LogP contribution in [0.25, 0.3) is 0 Å². The Morgan fingerprint density at radius 3 is 1.17 bits per heavy atom. The third-order valence-corrected chi connectivity index (χ3v) is 8.80. The maximum atomic E-state index is 11.9. The molecular weight excluding hydrogens is 838 g/mol. The van der Waals surface area contributed by atoms with E-state index in [1.54, 1.807) is 0 Å². The van der Waals surface area contributed by atoms with Gasteiger partial charge in [0.15, 0.2) is 0 Å². The van der Waals surface area contributed by atoms with Crippen LogP contribution in [0, 0.1) is 22.7 Å². The van der Waals surface area contributed by atoms with Crippen molar-refractivity contribution in [2.75, 3.05) is 0 Å². The van der Waals surface area contributed by atoms with Gasteiger partial charge in [0.2, 0.25) is 0 Å². The van der Waals surface area contributed by atoms with E-state index >= 15 is 0 Å². The molecule has 15 nitrogen and oxygen atoms in total. The number of ketones is 1. The van der Waals surface area contributed by atoms with Gasteiger partial charge in [-0.15, -0.1) is 0 Å². The smallest absolute Gasteiger partial charge is 0.318 e. The van der Waals surface area contributed by atoms with E-state index < -0.39 is 67.0 Å². The van der Waals surface area contributed by atoms with Crippen molar-refractivity contribution in [3.05, 3.63) is 12.3 Å². The van der Waals surface area contributed by atoms with Gasteiger partial charge in [-0.3, -0.25) is 14.4 Å². The SMILES string of the molecule is C.C=C1CC(=O)O1.CC(=O)CC(=O)OC(CC(O)CC(O)CC(C)(C)C)CC(O)CC(O)C(C)C.CC(C)C(O)CC(O)CC(O)CC(O)CC(O)CC(C)(C)C.OP.[V]. The summed E-state index contributed by atoms with van der Waals surface area (Å²) < 4.78 is 9.59. The first kappa shape index (κ1) is 68.0. The van der Waals surface area contributed by atoms with Gasteiger partial charge in [0.1, 0.15) is 30.5 Å². The summed E-state index contributed by atoms with van der Waals surface area (Å²) in [7, 11) is 1.42. The van der Waals surface area contributed by atoms with Crippen LogP contribution in [0.3, 0.4) is 0 Å². The van der Waals surface area contributed by atoms with Crippen LogP contribution < -0.4 is 0 Å². The molecule has 0 amide bonds. The molecule has 0 spiro atoms. The normalized spacial score (nSPS) is 17.5. The first-order valence-electron chi connectivity index (χ1n) is 20.3. The molecule has 1 heterocycles. The monoisotopic (exact) mass is 926 g/mol. The number of Topliss-reactive ketones (excluding diaryl/α,β-unsaturated/α-hetero) is 1. The zero-order chi connectivity index (χ0) is 46.1. The Morgan fingerprint density at radius 2 is 0.917 bits per heavy atom. The number of aliphatic hydroxyl groups is 9. The minimum atomic E-state index is -0.922. The number of carbonyl (C=O) groups is 3. The molecule has 10 N–H and O–H groups in total. The fourth-order valence-electron chi connectivity index (χ4n) is 5.96. The molecule has 359 valence electrons. The molecule has 1 saturated heterocycles. The summed E-state index contributed by atoms with van der Waals surface area (Å²) in [6.07, 6.45) is -5.50. The van der Waals surface area contributed by atoms with Crippen molar-refractivity contribution in [3.63, 3.8) is 0 Å². The summed E-state index contributed by atoms with van der Waals surface area (Å²) in [6, 6.07) is 0. The molecule has 1 aliphatic rings. The van der Waals surface area contributed by atoms with Crippen molar-refractivity contribution >= 4 is 27.2 Å². The molecule has 17 heteroatoms. The fraction of sp³-hybridized carbons (Fsp3) is 0.884. The van der Waals surface area contributed by atoms with Crippen molar-refractivity contribution in [2.45, 2.75) is 222 Å². The van der Waals surface area contributed by atoms with E-state index in [0.717, 1.165) is 0 Å². The minimum Gasteiger partial charge on any atom is -0.462 e. The number of carbonyl (C=O) groups excluding carboxylic acids is 3. The number of rotatable bonds is 23. The van der Waals surface area contributed by atoms with Gasteiger partial charge in [0.25, 0.3) is 0 Å². The standard InChI is InChI=1S/C21H40O7.C17H36O5.C4H4O2.CH4.H3OP.V/c1-13(2)19(26)11-16(24)10-18(28-20(27)7-14(3)22)9-15(23)8-17(25)12-21(4,5)6;1-11(2)16(22)9-14(20)7-12(18)6-13(19)8-15(21)10-17(3,4)5;1-3-2-4(5)6-3;;1-2;/h13,15-19,23-26H,7-12H2,1-6H3;11-16,18-22H,6-10H2,1-5H3;1-2H2;1H4;1H,2H2;. The maximum Gasteiger partial charge on any atom is 0.318 e. The molecule has 1 radical (unpaired) electrons. The minimum absolute atomic E-state index is 0. The first-order chi connectivity index (χ1) is 26.4. The summed E-state index contributed by atoms with van der Waals surface area (Å²) >= 11 is 0. The molecule has 0 aromatic rings. The van der Waals surface area contributed by atoms with E-state index in [2.05, 4.69) is 11.3 Å². The zero-order valence-corrected chi connectivity index (χ0v) is 40.2. The second-order valence-corrected chi connectivity index (χ2v) is 18.8. The predicted octanol–water partition coefficient (Wildman–Crippen LogP) is 4.27. The molecule has 0 saturated carbocycles. The summed E-state index contributed by atoms with van der Waals surface area (Å²) in [5.41, 5.74) is -0.101. The van der Waals surface area contributed by atoms with Crippen molar-refractivity contribution in [1.29, 1.82) is 0 Å². The Morgan fingerprint density at radius 1 is 0.633 bits per heavy atom. The third-order valence-electron chi connectivity index (χ3n) is 8.80. The van der Waals surface area contributed by atoms with Crippen LogP contribution in [0.15, 0.2) is 12.3 Å². The van der Waals surface area contributed by atoms with Gasteiger partial charge in [-0.05, 0) is 90.4 Å². The Balaban J connectivity index is -0.000000280. The quantitative estimate of drug-likeness (QED) is 0.0390. The average molecular weight is 926 g/mol. The molecule has 60 heavy (non-hydrogen) atoms. The second kappa shape index (κ2) is 35.3. The van der Waals surface area contributed by atoms with Gasteiger partial charge >= 0.3 is 11.9 Å². The molecule has 0 aliphatic carbocycles. The number of ether oxygens (including phenoxy) is 2. The average Bonchev–Trinajstić information content (AvgIpc) is 2.99. The Labute approximate surface area is 375 Å². The largest absolute Gasteiger partial charge is 0.462 e. The Bertz CT molecular complexity index is 1110. The van der Waals surface area contributed by atoms with E-state index in [0.29, 0.717) is 25.0 Å². The van der Waals surface area contributed by atoms with Gasteiger partial charge in [0.05, 0.1) is 54.9 Å². The predicted molar refractivity (Wildman–Crippen MR) is 233 cm³/mol. The maximum absolute atomic E-state index is 11.9. The van der Waals surface area contributed by atoms with Crippen molar-refractivity contribution < 1.29 is 93.3 Å². The Hall–Kier alpha value is -1.04. The van der Waals surface area contributed by atoms with Crippen LogP contribution in [0.5, 0.6) is 0 Å². The molecule has 0 aromatic heterocycles. The molecule has 11 unspecified atom stereocenters. The number of esters is 2. The van der Waals surface area contributed by atoms with Gasteiger partial charge < -0.3 is 60.3 Å². The molecule has 11 atom stereocenters. The van der Waals surface area contributed by atoms with Gasteiger partial charge in [0, 0.05) is 31.4 Å². The van der Waals surface area contributed by atoms with Crippen LogP contribution in [-0.2, 0) is 42.4 Å². The van der Waals surface area contributed by atoms with Crippen LogP contribution in [-0.4, -0.2) is 130 Å². The number of cyclic esters (lactones) is 1. The van der Waals surface area contributed by atoms with Gasteiger partial charge in [-0.2, -0.15) is 0 Å². The fourth-order valence-corrected chi connectivity index (χ4v) is 5.96. The molecule has 1 rings (SSSR count). The Kier molecular flexibility index (Phi) is 40.1. The second-order valence-electron chi connectivity index (χ2n) is 18.8. The molecule has 1 aliphatic heterocycles. The van der Waals surface area contributed by atoms with Crippen LogP contribution >= 0.6 is 9.47 Å². The van der Waals surface area contributed by atoms with Crippen molar-refractivity contribution in [2.24, 2.45) is 22.7 Å². The van der Waals surface area contributed by atoms with E-state index in [-0.39, 0.29) is 118 Å². The molecular formula is C43H87O15PV. The van der Waals surface area contributed by atoms with Crippen LogP contribution in [0.1, 0.15) is 161 Å². The van der Waals surface area contributed by atoms with E-state index in [9.17, 15) is 60.3 Å². The first-order valence-corrected chi connectivity index (χ1v) is 20.9.